The number of rotatable bonds is 2. The minimum Gasteiger partial charge on any atom is -0.334 e. The first-order valence-corrected chi connectivity index (χ1v) is 5.04. The van der Waals surface area contributed by atoms with Gasteiger partial charge in [-0.15, -0.1) is 10.2 Å². The number of carbonyl (C=O) groups excluding carboxylic acids is 1. The first kappa shape index (κ1) is 12.7. The van der Waals surface area contributed by atoms with Gasteiger partial charge in [-0.3, -0.25) is 4.79 Å². The van der Waals surface area contributed by atoms with E-state index in [9.17, 15) is 4.79 Å². The number of hydrogen-bond acceptors (Lipinski definition) is 4. The van der Waals surface area contributed by atoms with Crippen LogP contribution in [0, 0.1) is 11.3 Å². The molecule has 84 valence electrons. The molecule has 0 fully saturated rings. The monoisotopic (exact) mass is 258 g/mol. The van der Waals surface area contributed by atoms with Crippen molar-refractivity contribution in [2.75, 3.05) is 0 Å². The summed E-state index contributed by atoms with van der Waals surface area (Å²) in [7, 11) is 0. The highest BCUT2D eigenvalue weighted by Crippen LogP contribution is 2.16. The van der Waals surface area contributed by atoms with Crippen LogP contribution in [-0.4, -0.2) is 21.6 Å². The number of aromatic nitrogens is 2. The number of hydrogen-bond donors (Lipinski definition) is 1. The van der Waals surface area contributed by atoms with E-state index in [1.807, 2.05) is 6.07 Å². The molecular weight excluding hydrogens is 251 g/mol. The predicted molar refractivity (Wildman–Crippen MR) is 59.2 cm³/mol. The number of nitrogens with one attached hydrogen (secondary N) is 1. The van der Waals surface area contributed by atoms with Gasteiger partial charge in [-0.25, -0.2) is 0 Å². The first-order chi connectivity index (χ1) is 7.35. The van der Waals surface area contributed by atoms with Gasteiger partial charge in [-0.05, 0) is 19.9 Å². The van der Waals surface area contributed by atoms with Crippen LogP contribution in [0.1, 0.15) is 24.2 Å². The van der Waals surface area contributed by atoms with Gasteiger partial charge in [-0.1, -0.05) is 23.2 Å². The Bertz CT molecular complexity index is 467. The Morgan fingerprint density at radius 1 is 1.50 bits per heavy atom. The minimum atomic E-state index is -0.990. The molecule has 0 saturated carbocycles. The van der Waals surface area contributed by atoms with Crippen molar-refractivity contribution in [3.8, 4) is 6.07 Å². The van der Waals surface area contributed by atoms with E-state index in [1.54, 1.807) is 13.8 Å². The zero-order valence-electron chi connectivity index (χ0n) is 8.58. The van der Waals surface area contributed by atoms with Crippen LogP contribution in [0.5, 0.6) is 0 Å². The molecule has 0 unspecified atom stereocenters. The van der Waals surface area contributed by atoms with Crippen molar-refractivity contribution >= 4 is 29.1 Å². The Balaban J connectivity index is 2.98. The van der Waals surface area contributed by atoms with E-state index in [2.05, 4.69) is 15.5 Å². The summed E-state index contributed by atoms with van der Waals surface area (Å²) in [4.78, 5) is 11.7. The zero-order chi connectivity index (χ0) is 12.3. The second-order valence-corrected chi connectivity index (χ2v) is 4.31. The molecule has 0 aliphatic rings. The zero-order valence-corrected chi connectivity index (χ0v) is 10.1. The molecule has 1 N–H and O–H groups in total. The van der Waals surface area contributed by atoms with Crippen LogP contribution in [0.4, 0.5) is 0 Å². The molecule has 0 aliphatic carbocycles. The molecule has 1 rings (SSSR count). The van der Waals surface area contributed by atoms with Crippen molar-refractivity contribution in [1.82, 2.24) is 15.5 Å². The molecular formula is C9H8Cl2N4O. The van der Waals surface area contributed by atoms with Crippen LogP contribution in [0.2, 0.25) is 10.3 Å². The number of carbonyl (C=O) groups is 1. The maximum Gasteiger partial charge on any atom is 0.255 e. The molecule has 0 spiro atoms. The lowest BCUT2D eigenvalue weighted by Crippen LogP contribution is -2.42. The standard InChI is InChI=1S/C9H8Cl2N4O/c1-9(2,4-12)13-8(16)5-3-6(10)14-15-7(5)11/h3H,1-2H3,(H,13,16). The Kier molecular flexibility index (Phi) is 3.68. The van der Waals surface area contributed by atoms with Crippen molar-refractivity contribution in [2.24, 2.45) is 0 Å². The highest BCUT2D eigenvalue weighted by Gasteiger charge is 2.22. The van der Waals surface area contributed by atoms with E-state index in [-0.39, 0.29) is 15.9 Å². The third-order valence-corrected chi connectivity index (χ3v) is 2.13. The van der Waals surface area contributed by atoms with Gasteiger partial charge in [0.2, 0.25) is 0 Å². The lowest BCUT2D eigenvalue weighted by atomic mass is 10.1. The summed E-state index contributed by atoms with van der Waals surface area (Å²) < 4.78 is 0. The molecule has 1 amide bonds. The van der Waals surface area contributed by atoms with Crippen LogP contribution in [0.3, 0.4) is 0 Å². The Morgan fingerprint density at radius 2 is 2.12 bits per heavy atom. The van der Waals surface area contributed by atoms with Gasteiger partial charge >= 0.3 is 0 Å². The summed E-state index contributed by atoms with van der Waals surface area (Å²) in [6, 6.07) is 3.22. The molecule has 16 heavy (non-hydrogen) atoms. The molecule has 0 atom stereocenters. The van der Waals surface area contributed by atoms with Crippen LogP contribution < -0.4 is 5.32 Å². The molecule has 0 saturated heterocycles. The molecule has 0 aromatic carbocycles. The normalized spacial score (nSPS) is 10.7. The number of halogens is 2. The van der Waals surface area contributed by atoms with Crippen LogP contribution >= 0.6 is 23.2 Å². The van der Waals surface area contributed by atoms with Crippen LogP contribution in [0.15, 0.2) is 6.07 Å². The summed E-state index contributed by atoms with van der Waals surface area (Å²) in [5.74, 6) is -0.520. The second-order valence-electron chi connectivity index (χ2n) is 3.56. The summed E-state index contributed by atoms with van der Waals surface area (Å²) in [5.41, 5.74) is -0.902. The van der Waals surface area contributed by atoms with Crippen LogP contribution in [-0.2, 0) is 0 Å². The fraction of sp³-hybridized carbons (Fsp3) is 0.333. The van der Waals surface area contributed by atoms with Crippen molar-refractivity contribution in [3.63, 3.8) is 0 Å². The number of amides is 1. The number of nitriles is 1. The molecule has 7 heteroatoms. The predicted octanol–water partition coefficient (Wildman–Crippen LogP) is 1.82. The van der Waals surface area contributed by atoms with E-state index < -0.39 is 11.4 Å². The average Bonchev–Trinajstić information content (AvgIpc) is 2.21. The van der Waals surface area contributed by atoms with E-state index >= 15 is 0 Å². The fourth-order valence-corrected chi connectivity index (χ4v) is 1.22. The van der Waals surface area contributed by atoms with Gasteiger partial charge < -0.3 is 5.32 Å². The van der Waals surface area contributed by atoms with Crippen molar-refractivity contribution < 1.29 is 4.79 Å². The van der Waals surface area contributed by atoms with Crippen molar-refractivity contribution in [1.29, 1.82) is 5.26 Å². The Labute approximate surface area is 102 Å². The highest BCUT2D eigenvalue weighted by atomic mass is 35.5. The maximum atomic E-state index is 11.7. The van der Waals surface area contributed by atoms with E-state index in [1.165, 1.54) is 6.07 Å². The SMILES string of the molecule is CC(C)(C#N)NC(=O)c1cc(Cl)nnc1Cl. The molecule has 0 radical (unpaired) electrons. The molecule has 0 bridgehead atoms. The maximum absolute atomic E-state index is 11.7. The Hall–Kier alpha value is -1.38. The van der Waals surface area contributed by atoms with Gasteiger partial charge in [0.25, 0.3) is 5.91 Å². The smallest absolute Gasteiger partial charge is 0.255 e. The van der Waals surface area contributed by atoms with E-state index in [0.717, 1.165) is 0 Å². The average molecular weight is 259 g/mol. The molecule has 5 nitrogen and oxygen atoms in total. The summed E-state index contributed by atoms with van der Waals surface area (Å²) in [6.45, 7) is 3.13. The minimum absolute atomic E-state index is 0.0595. The summed E-state index contributed by atoms with van der Waals surface area (Å²) >= 11 is 11.3. The molecule has 1 heterocycles. The third-order valence-electron chi connectivity index (χ3n) is 1.67. The quantitative estimate of drug-likeness (QED) is 0.878. The summed E-state index contributed by atoms with van der Waals surface area (Å²) in [5, 5.41) is 18.2. The highest BCUT2D eigenvalue weighted by molar-refractivity contribution is 6.34. The molecule has 0 aliphatic heterocycles. The van der Waals surface area contributed by atoms with Gasteiger partial charge in [0.15, 0.2) is 10.3 Å². The second kappa shape index (κ2) is 4.64. The van der Waals surface area contributed by atoms with Crippen molar-refractivity contribution in [3.05, 3.63) is 21.9 Å². The van der Waals surface area contributed by atoms with E-state index in [0.29, 0.717) is 0 Å². The van der Waals surface area contributed by atoms with Gasteiger partial charge in [0, 0.05) is 0 Å². The van der Waals surface area contributed by atoms with Crippen LogP contribution in [0.25, 0.3) is 0 Å². The topological polar surface area (TPSA) is 78.7 Å². The largest absolute Gasteiger partial charge is 0.334 e. The fourth-order valence-electron chi connectivity index (χ4n) is 0.891. The van der Waals surface area contributed by atoms with Gasteiger partial charge in [0.05, 0.1) is 11.6 Å². The molecule has 1 aromatic heterocycles. The number of nitrogens with zero attached hydrogens (tertiary/aromatic N) is 3. The summed E-state index contributed by atoms with van der Waals surface area (Å²) in [6.07, 6.45) is 0. The van der Waals surface area contributed by atoms with Gasteiger partial charge in [-0.2, -0.15) is 5.26 Å². The van der Waals surface area contributed by atoms with Crippen molar-refractivity contribution in [2.45, 2.75) is 19.4 Å². The lowest BCUT2D eigenvalue weighted by molar-refractivity contribution is 0.0929. The molecule has 1 aromatic rings. The van der Waals surface area contributed by atoms with Gasteiger partial charge in [0.1, 0.15) is 5.54 Å². The van der Waals surface area contributed by atoms with E-state index in [4.69, 9.17) is 28.5 Å². The Morgan fingerprint density at radius 3 is 2.69 bits per heavy atom. The first-order valence-electron chi connectivity index (χ1n) is 4.28. The lowest BCUT2D eigenvalue weighted by Gasteiger charge is -2.17. The third kappa shape index (κ3) is 3.05.